The number of amides is 2. The summed E-state index contributed by atoms with van der Waals surface area (Å²) >= 11 is 0. The molecule has 1 aromatic carbocycles. The van der Waals surface area contributed by atoms with E-state index in [2.05, 4.69) is 33.6 Å². The number of urea groups is 1. The summed E-state index contributed by atoms with van der Waals surface area (Å²) in [6.07, 6.45) is 8.69. The number of rotatable bonds is 6. The van der Waals surface area contributed by atoms with Crippen LogP contribution in [0, 0.1) is 11.3 Å². The van der Waals surface area contributed by atoms with Crippen LogP contribution in [0.15, 0.2) is 61.1 Å². The van der Waals surface area contributed by atoms with Crippen molar-refractivity contribution >= 4 is 23.1 Å². The summed E-state index contributed by atoms with van der Waals surface area (Å²) in [5.41, 5.74) is 6.33. The average Bonchev–Trinajstić information content (AvgIpc) is 2.90. The Morgan fingerprint density at radius 3 is 2.70 bits per heavy atom. The minimum Gasteiger partial charge on any atom is -0.331 e. The summed E-state index contributed by atoms with van der Waals surface area (Å²) in [6, 6.07) is 13.4. The molecule has 0 unspecified atom stereocenters. The third-order valence-electron chi connectivity index (χ3n) is 6.36. The number of nitriles is 1. The van der Waals surface area contributed by atoms with Crippen LogP contribution < -0.4 is 10.6 Å². The van der Waals surface area contributed by atoms with Crippen LogP contribution in [0.1, 0.15) is 48.2 Å². The lowest BCUT2D eigenvalue weighted by Gasteiger charge is -2.23. The first-order chi connectivity index (χ1) is 17.9. The van der Waals surface area contributed by atoms with Crippen molar-refractivity contribution < 1.29 is 9.59 Å². The Morgan fingerprint density at radius 2 is 1.97 bits per heavy atom. The summed E-state index contributed by atoms with van der Waals surface area (Å²) in [5.74, 6) is 0.0713. The topological polar surface area (TPSA) is 111 Å². The standard InChI is InChI=1S/C29H30N6O2/c1-19-25-10-8-21(22-13-24(18-31-17-22)34-29(37)35(2)3)14-27(25)26(5-4-12-32-19)28(36)11-7-20-6-9-23(15-30)33-16-20/h5-6,8-10,13-14,16-19,32H,4,7,11-12H2,1-3H3,(H,34,37)/b26-5+/t19-/m1/s1. The second kappa shape index (κ2) is 11.6. The van der Waals surface area contributed by atoms with Gasteiger partial charge in [-0.2, -0.15) is 5.26 Å². The molecule has 0 saturated heterocycles. The molecule has 0 bridgehead atoms. The highest BCUT2D eigenvalue weighted by atomic mass is 16.2. The van der Waals surface area contributed by atoms with Crippen molar-refractivity contribution in [1.29, 1.82) is 5.26 Å². The molecule has 2 amide bonds. The van der Waals surface area contributed by atoms with E-state index in [0.29, 0.717) is 24.2 Å². The molecule has 0 fully saturated rings. The van der Waals surface area contributed by atoms with E-state index in [1.807, 2.05) is 36.4 Å². The number of allylic oxidation sites excluding steroid dienone is 1. The number of ketones is 1. The maximum atomic E-state index is 13.5. The number of aryl methyl sites for hydroxylation is 1. The number of nitrogens with zero attached hydrogens (tertiary/aromatic N) is 4. The fourth-order valence-electron chi connectivity index (χ4n) is 4.28. The number of aromatic nitrogens is 2. The molecule has 37 heavy (non-hydrogen) atoms. The summed E-state index contributed by atoms with van der Waals surface area (Å²) in [5, 5.41) is 15.3. The zero-order valence-electron chi connectivity index (χ0n) is 21.3. The molecule has 0 spiro atoms. The first kappa shape index (κ1) is 25.7. The highest BCUT2D eigenvalue weighted by Gasteiger charge is 2.21. The molecule has 4 rings (SSSR count). The number of carbonyl (C=O) groups excluding carboxylic acids is 2. The molecule has 0 radical (unpaired) electrons. The molecule has 1 aliphatic rings. The number of benzene rings is 1. The average molecular weight is 495 g/mol. The van der Waals surface area contributed by atoms with E-state index in [9.17, 15) is 9.59 Å². The minimum atomic E-state index is -0.231. The van der Waals surface area contributed by atoms with Crippen molar-refractivity contribution in [2.24, 2.45) is 0 Å². The zero-order chi connectivity index (χ0) is 26.4. The van der Waals surface area contributed by atoms with Crippen LogP contribution >= 0.6 is 0 Å². The van der Waals surface area contributed by atoms with Crippen molar-refractivity contribution in [1.82, 2.24) is 20.2 Å². The fourth-order valence-corrected chi connectivity index (χ4v) is 4.28. The lowest BCUT2D eigenvalue weighted by molar-refractivity contribution is -0.113. The number of pyridine rings is 2. The number of nitrogens with one attached hydrogen (secondary N) is 2. The van der Waals surface area contributed by atoms with Crippen LogP contribution in [0.5, 0.6) is 0 Å². The maximum Gasteiger partial charge on any atom is 0.321 e. The van der Waals surface area contributed by atoms with E-state index in [1.165, 1.54) is 4.90 Å². The van der Waals surface area contributed by atoms with Crippen molar-refractivity contribution in [3.63, 3.8) is 0 Å². The van der Waals surface area contributed by atoms with Crippen LogP contribution in [-0.4, -0.2) is 47.3 Å². The molecule has 2 N–H and O–H groups in total. The van der Waals surface area contributed by atoms with Gasteiger partial charge in [-0.1, -0.05) is 24.3 Å². The number of carbonyl (C=O) groups is 2. The normalized spacial score (nSPS) is 16.3. The van der Waals surface area contributed by atoms with E-state index in [0.717, 1.165) is 46.4 Å². The molecule has 0 saturated carbocycles. The predicted octanol–water partition coefficient (Wildman–Crippen LogP) is 4.75. The molecule has 3 heterocycles. The highest BCUT2D eigenvalue weighted by molar-refractivity contribution is 6.21. The number of hydrogen-bond donors (Lipinski definition) is 2. The molecule has 1 atom stereocenters. The van der Waals surface area contributed by atoms with E-state index >= 15 is 0 Å². The van der Waals surface area contributed by atoms with Crippen LogP contribution in [0.2, 0.25) is 0 Å². The Hall–Kier alpha value is -4.35. The fraction of sp³-hybridized carbons (Fsp3) is 0.276. The van der Waals surface area contributed by atoms with Crippen molar-refractivity contribution in [3.05, 3.63) is 83.4 Å². The zero-order valence-corrected chi connectivity index (χ0v) is 21.3. The first-order valence-electron chi connectivity index (χ1n) is 12.3. The van der Waals surface area contributed by atoms with Gasteiger partial charge in [0.05, 0.1) is 11.9 Å². The molecule has 0 aliphatic carbocycles. The van der Waals surface area contributed by atoms with Gasteiger partial charge in [0.2, 0.25) is 0 Å². The summed E-state index contributed by atoms with van der Waals surface area (Å²) in [7, 11) is 3.36. The quantitative estimate of drug-likeness (QED) is 0.512. The maximum absolute atomic E-state index is 13.5. The van der Waals surface area contributed by atoms with Gasteiger partial charge < -0.3 is 15.5 Å². The minimum absolute atomic E-state index is 0.0713. The van der Waals surface area contributed by atoms with Gasteiger partial charge in [-0.05, 0) is 66.8 Å². The van der Waals surface area contributed by atoms with Gasteiger partial charge in [0.25, 0.3) is 0 Å². The van der Waals surface area contributed by atoms with E-state index in [4.69, 9.17) is 5.26 Å². The molecular weight excluding hydrogens is 464 g/mol. The van der Waals surface area contributed by atoms with Gasteiger partial charge in [-0.15, -0.1) is 0 Å². The summed E-state index contributed by atoms with van der Waals surface area (Å²) in [6.45, 7) is 2.89. The van der Waals surface area contributed by atoms with Gasteiger partial charge in [-0.3, -0.25) is 9.78 Å². The van der Waals surface area contributed by atoms with E-state index in [-0.39, 0.29) is 17.9 Å². The Morgan fingerprint density at radius 1 is 1.14 bits per heavy atom. The highest BCUT2D eigenvalue weighted by Crippen LogP contribution is 2.33. The molecule has 3 aromatic rings. The second-order valence-electron chi connectivity index (χ2n) is 9.26. The molecule has 8 heteroatoms. The van der Waals surface area contributed by atoms with Crippen LogP contribution in [0.3, 0.4) is 0 Å². The lowest BCUT2D eigenvalue weighted by Crippen LogP contribution is -2.27. The predicted molar refractivity (Wildman–Crippen MR) is 144 cm³/mol. The van der Waals surface area contributed by atoms with Crippen LogP contribution in [-0.2, 0) is 11.2 Å². The first-order valence-corrected chi connectivity index (χ1v) is 12.3. The number of Topliss-reactive ketones (excluding diaryl/α,β-unsaturated/α-hetero) is 1. The lowest BCUT2D eigenvalue weighted by atomic mass is 9.87. The number of fused-ring (bicyclic) bond motifs is 1. The van der Waals surface area contributed by atoms with Gasteiger partial charge >= 0.3 is 6.03 Å². The van der Waals surface area contributed by atoms with Gasteiger partial charge in [0.1, 0.15) is 11.8 Å². The smallest absolute Gasteiger partial charge is 0.321 e. The third kappa shape index (κ3) is 6.26. The Bertz CT molecular complexity index is 1370. The molecule has 8 nitrogen and oxygen atoms in total. The van der Waals surface area contributed by atoms with Gasteiger partial charge in [-0.25, -0.2) is 9.78 Å². The van der Waals surface area contributed by atoms with E-state index in [1.54, 1.807) is 38.8 Å². The molecule has 2 aromatic heterocycles. The Labute approximate surface area is 217 Å². The van der Waals surface area contributed by atoms with Crippen molar-refractivity contribution in [3.8, 4) is 17.2 Å². The van der Waals surface area contributed by atoms with Gasteiger partial charge in [0.15, 0.2) is 5.78 Å². The summed E-state index contributed by atoms with van der Waals surface area (Å²) < 4.78 is 0. The van der Waals surface area contributed by atoms with Crippen molar-refractivity contribution in [2.75, 3.05) is 26.0 Å². The summed E-state index contributed by atoms with van der Waals surface area (Å²) in [4.78, 5) is 35.5. The van der Waals surface area contributed by atoms with Crippen molar-refractivity contribution in [2.45, 2.75) is 32.2 Å². The van der Waals surface area contributed by atoms with Gasteiger partial charge in [0, 0.05) is 50.1 Å². The molecule has 1 aliphatic heterocycles. The second-order valence-corrected chi connectivity index (χ2v) is 9.26. The van der Waals surface area contributed by atoms with Crippen LogP contribution in [0.25, 0.3) is 16.7 Å². The molecular formula is C29H30N6O2. The molecule has 188 valence electrons. The SMILES string of the molecule is C[C@H]1NCC/C=C(/C(=O)CCc2ccc(C#N)nc2)c2cc(-c3cncc(NC(=O)N(C)C)c3)ccc21. The van der Waals surface area contributed by atoms with E-state index < -0.39 is 0 Å². The Balaban J connectivity index is 1.63. The largest absolute Gasteiger partial charge is 0.331 e. The van der Waals surface area contributed by atoms with Crippen LogP contribution in [0.4, 0.5) is 10.5 Å². The number of hydrogen-bond acceptors (Lipinski definition) is 6. The third-order valence-corrected chi connectivity index (χ3v) is 6.36. The monoisotopic (exact) mass is 494 g/mol. The Kier molecular flexibility index (Phi) is 8.06. The number of anilines is 1.